The zero-order valence-electron chi connectivity index (χ0n) is 16.5. The maximum atomic E-state index is 12.6. The molecule has 0 aromatic heterocycles. The molecule has 0 radical (unpaired) electrons. The zero-order chi connectivity index (χ0) is 20.4. The molecular formula is C23H25N3O3. The molecule has 2 aliphatic rings. The number of hydrogen-bond acceptors (Lipinski definition) is 3. The van der Waals surface area contributed by atoms with Crippen LogP contribution in [0.25, 0.3) is 0 Å². The van der Waals surface area contributed by atoms with Crippen molar-refractivity contribution >= 4 is 29.1 Å². The van der Waals surface area contributed by atoms with Gasteiger partial charge in [0.05, 0.1) is 6.04 Å². The van der Waals surface area contributed by atoms with Crippen molar-refractivity contribution in [2.24, 2.45) is 5.92 Å². The van der Waals surface area contributed by atoms with Gasteiger partial charge in [-0.15, -0.1) is 0 Å². The summed E-state index contributed by atoms with van der Waals surface area (Å²) in [6.45, 7) is 2.54. The van der Waals surface area contributed by atoms with E-state index in [-0.39, 0.29) is 17.9 Å². The Kier molecular flexibility index (Phi) is 5.34. The molecule has 1 fully saturated rings. The summed E-state index contributed by atoms with van der Waals surface area (Å²) >= 11 is 0. The van der Waals surface area contributed by atoms with Crippen LogP contribution >= 0.6 is 0 Å². The Morgan fingerprint density at radius 3 is 2.52 bits per heavy atom. The first-order valence-electron chi connectivity index (χ1n) is 10.1. The average molecular weight is 391 g/mol. The van der Waals surface area contributed by atoms with E-state index in [2.05, 4.69) is 10.6 Å². The van der Waals surface area contributed by atoms with Crippen LogP contribution in [0.4, 0.5) is 11.4 Å². The highest BCUT2D eigenvalue weighted by Gasteiger charge is 2.35. The fraction of sp³-hybridized carbons (Fsp3) is 0.348. The summed E-state index contributed by atoms with van der Waals surface area (Å²) in [4.78, 5) is 39.1. The van der Waals surface area contributed by atoms with Gasteiger partial charge in [-0.05, 0) is 55.9 Å². The Balaban J connectivity index is 1.44. The second-order valence-electron chi connectivity index (χ2n) is 7.77. The van der Waals surface area contributed by atoms with Gasteiger partial charge in [0.15, 0.2) is 0 Å². The van der Waals surface area contributed by atoms with Crippen LogP contribution in [0.2, 0.25) is 0 Å². The molecule has 0 bridgehead atoms. The highest BCUT2D eigenvalue weighted by Crippen LogP contribution is 2.36. The molecule has 150 valence electrons. The SMILES string of the molecule is C[C@H](NC(=O)C(=O)Nc1ccc2c(c1)N(C(=O)C1CC1)CCC2)c1ccccc1. The number of carbonyl (C=O) groups excluding carboxylic acids is 3. The van der Waals surface area contributed by atoms with Crippen LogP contribution in [0.3, 0.4) is 0 Å². The van der Waals surface area contributed by atoms with Crippen molar-refractivity contribution in [3.8, 4) is 0 Å². The Morgan fingerprint density at radius 2 is 1.79 bits per heavy atom. The third kappa shape index (κ3) is 4.31. The average Bonchev–Trinajstić information content (AvgIpc) is 3.58. The normalized spacial score (nSPS) is 16.5. The van der Waals surface area contributed by atoms with Crippen molar-refractivity contribution in [1.82, 2.24) is 5.32 Å². The molecule has 2 N–H and O–H groups in total. The van der Waals surface area contributed by atoms with Gasteiger partial charge in [0.1, 0.15) is 0 Å². The summed E-state index contributed by atoms with van der Waals surface area (Å²) in [6.07, 6.45) is 3.77. The van der Waals surface area contributed by atoms with Crippen LogP contribution in [0.5, 0.6) is 0 Å². The minimum Gasteiger partial charge on any atom is -0.341 e. The molecule has 1 aliphatic carbocycles. The zero-order valence-corrected chi connectivity index (χ0v) is 16.5. The van der Waals surface area contributed by atoms with Crippen LogP contribution in [0, 0.1) is 5.92 Å². The van der Waals surface area contributed by atoms with Gasteiger partial charge in [-0.2, -0.15) is 0 Å². The number of carbonyl (C=O) groups is 3. The van der Waals surface area contributed by atoms with Gasteiger partial charge < -0.3 is 15.5 Å². The molecule has 0 saturated heterocycles. The predicted molar refractivity (Wildman–Crippen MR) is 111 cm³/mol. The van der Waals surface area contributed by atoms with Crippen molar-refractivity contribution in [2.45, 2.75) is 38.6 Å². The number of fused-ring (bicyclic) bond motifs is 1. The van der Waals surface area contributed by atoms with Crippen molar-refractivity contribution < 1.29 is 14.4 Å². The van der Waals surface area contributed by atoms with E-state index in [1.165, 1.54) is 0 Å². The highest BCUT2D eigenvalue weighted by atomic mass is 16.2. The van der Waals surface area contributed by atoms with E-state index in [1.54, 1.807) is 12.1 Å². The van der Waals surface area contributed by atoms with E-state index >= 15 is 0 Å². The first-order chi connectivity index (χ1) is 14.0. The quantitative estimate of drug-likeness (QED) is 0.786. The smallest absolute Gasteiger partial charge is 0.313 e. The molecule has 2 aromatic carbocycles. The maximum Gasteiger partial charge on any atom is 0.313 e. The number of anilines is 2. The fourth-order valence-electron chi connectivity index (χ4n) is 3.71. The van der Waals surface area contributed by atoms with E-state index in [1.807, 2.05) is 48.2 Å². The number of nitrogens with one attached hydrogen (secondary N) is 2. The molecule has 1 aliphatic heterocycles. The molecule has 0 spiro atoms. The van der Waals surface area contributed by atoms with Gasteiger partial charge in [-0.25, -0.2) is 0 Å². The molecular weight excluding hydrogens is 366 g/mol. The monoisotopic (exact) mass is 391 g/mol. The second kappa shape index (κ2) is 8.07. The molecule has 3 amide bonds. The topological polar surface area (TPSA) is 78.5 Å². The van der Waals surface area contributed by atoms with Crippen molar-refractivity contribution in [3.05, 3.63) is 59.7 Å². The van der Waals surface area contributed by atoms with Crippen molar-refractivity contribution in [1.29, 1.82) is 0 Å². The third-order valence-corrected chi connectivity index (χ3v) is 5.51. The summed E-state index contributed by atoms with van der Waals surface area (Å²) in [5, 5.41) is 5.38. The van der Waals surface area contributed by atoms with Crippen LogP contribution in [-0.4, -0.2) is 24.3 Å². The van der Waals surface area contributed by atoms with Crippen molar-refractivity contribution in [3.63, 3.8) is 0 Å². The maximum absolute atomic E-state index is 12.6. The Bertz CT molecular complexity index is 938. The largest absolute Gasteiger partial charge is 0.341 e. The second-order valence-corrected chi connectivity index (χ2v) is 7.77. The lowest BCUT2D eigenvalue weighted by atomic mass is 10.0. The fourth-order valence-corrected chi connectivity index (χ4v) is 3.71. The molecule has 1 heterocycles. The Labute approximate surface area is 170 Å². The standard InChI is InChI=1S/C23H25N3O3/c1-15(16-6-3-2-4-7-16)24-21(27)22(28)25-19-12-11-17-8-5-13-26(20(17)14-19)23(29)18-9-10-18/h2-4,6-7,11-12,14-15,18H,5,8-10,13H2,1H3,(H,24,27)(H,25,28)/t15-/m0/s1. The minimum atomic E-state index is -0.719. The van der Waals surface area contributed by atoms with Crippen LogP contribution in [0.1, 0.15) is 43.4 Å². The summed E-state index contributed by atoms with van der Waals surface area (Å²) in [5.41, 5.74) is 3.40. The van der Waals surface area contributed by atoms with E-state index < -0.39 is 11.8 Å². The molecule has 6 nitrogen and oxygen atoms in total. The van der Waals surface area contributed by atoms with E-state index in [0.717, 1.165) is 42.5 Å². The number of rotatable bonds is 4. The highest BCUT2D eigenvalue weighted by molar-refractivity contribution is 6.39. The lowest BCUT2D eigenvalue weighted by Gasteiger charge is -2.30. The minimum absolute atomic E-state index is 0.143. The molecule has 2 aromatic rings. The predicted octanol–water partition coefficient (Wildman–Crippen LogP) is 3.19. The van der Waals surface area contributed by atoms with Gasteiger partial charge in [-0.1, -0.05) is 36.4 Å². The number of aryl methyl sites for hydroxylation is 1. The van der Waals surface area contributed by atoms with Gasteiger partial charge in [-0.3, -0.25) is 14.4 Å². The first-order valence-corrected chi connectivity index (χ1v) is 10.1. The number of benzene rings is 2. The summed E-state index contributed by atoms with van der Waals surface area (Å²) in [5.74, 6) is -1.10. The van der Waals surface area contributed by atoms with E-state index in [0.29, 0.717) is 12.2 Å². The van der Waals surface area contributed by atoms with Gasteiger partial charge >= 0.3 is 11.8 Å². The van der Waals surface area contributed by atoms with E-state index in [4.69, 9.17) is 0 Å². The van der Waals surface area contributed by atoms with Crippen LogP contribution in [-0.2, 0) is 20.8 Å². The van der Waals surface area contributed by atoms with Crippen LogP contribution < -0.4 is 15.5 Å². The van der Waals surface area contributed by atoms with Gasteiger partial charge in [0, 0.05) is 23.8 Å². The number of nitrogens with zero attached hydrogens (tertiary/aromatic N) is 1. The summed E-state index contributed by atoms with van der Waals surface area (Å²) in [6, 6.07) is 14.7. The summed E-state index contributed by atoms with van der Waals surface area (Å²) in [7, 11) is 0. The summed E-state index contributed by atoms with van der Waals surface area (Å²) < 4.78 is 0. The number of hydrogen-bond donors (Lipinski definition) is 2. The van der Waals surface area contributed by atoms with Gasteiger partial charge in [0.25, 0.3) is 0 Å². The van der Waals surface area contributed by atoms with Crippen molar-refractivity contribution in [2.75, 3.05) is 16.8 Å². The molecule has 6 heteroatoms. The lowest BCUT2D eigenvalue weighted by molar-refractivity contribution is -0.136. The number of amides is 3. The molecule has 0 unspecified atom stereocenters. The first kappa shape index (κ1) is 19.2. The van der Waals surface area contributed by atoms with Crippen LogP contribution in [0.15, 0.2) is 48.5 Å². The molecule has 1 saturated carbocycles. The lowest BCUT2D eigenvalue weighted by Crippen LogP contribution is -2.38. The van der Waals surface area contributed by atoms with Gasteiger partial charge in [0.2, 0.25) is 5.91 Å². The Morgan fingerprint density at radius 1 is 1.03 bits per heavy atom. The van der Waals surface area contributed by atoms with E-state index in [9.17, 15) is 14.4 Å². The Hall–Kier alpha value is -3.15. The molecule has 4 rings (SSSR count). The molecule has 1 atom stereocenters. The molecule has 29 heavy (non-hydrogen) atoms. The third-order valence-electron chi connectivity index (χ3n) is 5.51.